The lowest BCUT2D eigenvalue weighted by Gasteiger charge is -2.14. The van der Waals surface area contributed by atoms with Crippen molar-refractivity contribution in [2.24, 2.45) is 5.73 Å². The number of hydrogen-bond acceptors (Lipinski definition) is 2. The predicted molar refractivity (Wildman–Crippen MR) is 49.8 cm³/mol. The lowest BCUT2D eigenvalue weighted by atomic mass is 10.1. The second kappa shape index (κ2) is 4.94. The normalized spacial score (nSPS) is 12.8. The quantitative estimate of drug-likeness (QED) is 0.773. The number of rotatable bonds is 4. The molecule has 0 saturated carbocycles. The van der Waals surface area contributed by atoms with Gasteiger partial charge in [0.25, 0.3) is 0 Å². The molecule has 0 heterocycles. The first kappa shape index (κ1) is 10.2. The third kappa shape index (κ3) is 2.79. The lowest BCUT2D eigenvalue weighted by molar-refractivity contribution is 0.0975. The number of benzene rings is 1. The standard InChI is InChI=1S/C10H14FNO/c1-13-10(5-6-12)8-3-2-4-9(11)7-8/h2-4,7,10H,5-6,12H2,1H3. The maximum absolute atomic E-state index is 12.8. The highest BCUT2D eigenvalue weighted by Crippen LogP contribution is 2.19. The summed E-state index contributed by atoms with van der Waals surface area (Å²) in [5.41, 5.74) is 6.25. The van der Waals surface area contributed by atoms with Crippen molar-refractivity contribution in [3.63, 3.8) is 0 Å². The Labute approximate surface area is 77.5 Å². The van der Waals surface area contributed by atoms with E-state index in [2.05, 4.69) is 0 Å². The van der Waals surface area contributed by atoms with Gasteiger partial charge in [0.1, 0.15) is 5.82 Å². The van der Waals surface area contributed by atoms with Crippen molar-refractivity contribution in [1.29, 1.82) is 0 Å². The van der Waals surface area contributed by atoms with Gasteiger partial charge in [-0.05, 0) is 30.7 Å². The maximum Gasteiger partial charge on any atom is 0.123 e. The summed E-state index contributed by atoms with van der Waals surface area (Å²) in [4.78, 5) is 0. The highest BCUT2D eigenvalue weighted by atomic mass is 19.1. The van der Waals surface area contributed by atoms with E-state index >= 15 is 0 Å². The molecule has 72 valence electrons. The summed E-state index contributed by atoms with van der Waals surface area (Å²) < 4.78 is 18.0. The highest BCUT2D eigenvalue weighted by Gasteiger charge is 2.09. The monoisotopic (exact) mass is 183 g/mol. The Hall–Kier alpha value is -0.930. The minimum Gasteiger partial charge on any atom is -0.377 e. The summed E-state index contributed by atoms with van der Waals surface area (Å²) in [7, 11) is 1.60. The SMILES string of the molecule is COC(CCN)c1cccc(F)c1. The average Bonchev–Trinajstić information content (AvgIpc) is 2.14. The van der Waals surface area contributed by atoms with Crippen LogP contribution in [0.1, 0.15) is 18.1 Å². The number of ether oxygens (including phenoxy) is 1. The smallest absolute Gasteiger partial charge is 0.123 e. The van der Waals surface area contributed by atoms with Crippen molar-refractivity contribution in [2.75, 3.05) is 13.7 Å². The van der Waals surface area contributed by atoms with Gasteiger partial charge in [-0.15, -0.1) is 0 Å². The van der Waals surface area contributed by atoms with E-state index in [-0.39, 0.29) is 11.9 Å². The number of nitrogens with two attached hydrogens (primary N) is 1. The van der Waals surface area contributed by atoms with Gasteiger partial charge in [0.15, 0.2) is 0 Å². The van der Waals surface area contributed by atoms with Crippen LogP contribution in [0.2, 0.25) is 0 Å². The first-order chi connectivity index (χ1) is 6.27. The van der Waals surface area contributed by atoms with Crippen molar-refractivity contribution in [2.45, 2.75) is 12.5 Å². The lowest BCUT2D eigenvalue weighted by Crippen LogP contribution is -2.09. The molecule has 0 aliphatic heterocycles. The van der Waals surface area contributed by atoms with Crippen LogP contribution in [0.4, 0.5) is 4.39 Å². The minimum atomic E-state index is -0.239. The first-order valence-electron chi connectivity index (χ1n) is 4.26. The molecule has 1 unspecified atom stereocenters. The summed E-state index contributed by atoms with van der Waals surface area (Å²) in [6.45, 7) is 0.537. The van der Waals surface area contributed by atoms with Gasteiger partial charge in [0.05, 0.1) is 6.10 Å². The molecule has 1 aromatic rings. The van der Waals surface area contributed by atoms with E-state index in [4.69, 9.17) is 10.5 Å². The molecule has 2 N–H and O–H groups in total. The zero-order chi connectivity index (χ0) is 9.68. The first-order valence-corrected chi connectivity index (χ1v) is 4.26. The van der Waals surface area contributed by atoms with Crippen LogP contribution in [-0.4, -0.2) is 13.7 Å². The number of hydrogen-bond donors (Lipinski definition) is 1. The zero-order valence-corrected chi connectivity index (χ0v) is 7.66. The van der Waals surface area contributed by atoms with Gasteiger partial charge in [-0.2, -0.15) is 0 Å². The summed E-state index contributed by atoms with van der Waals surface area (Å²) >= 11 is 0. The molecule has 0 bridgehead atoms. The molecule has 3 heteroatoms. The fourth-order valence-corrected chi connectivity index (χ4v) is 1.28. The molecular weight excluding hydrogens is 169 g/mol. The summed E-state index contributed by atoms with van der Waals surface area (Å²) in [6, 6.07) is 6.41. The van der Waals surface area contributed by atoms with E-state index in [1.54, 1.807) is 13.2 Å². The van der Waals surface area contributed by atoms with Gasteiger partial charge in [-0.3, -0.25) is 0 Å². The maximum atomic E-state index is 12.8. The molecule has 0 aliphatic rings. The Bertz CT molecular complexity index is 265. The van der Waals surface area contributed by atoms with E-state index < -0.39 is 0 Å². The van der Waals surface area contributed by atoms with Crippen LogP contribution in [0, 0.1) is 5.82 Å². The third-order valence-electron chi connectivity index (χ3n) is 1.93. The third-order valence-corrected chi connectivity index (χ3v) is 1.93. The Morgan fingerprint density at radius 2 is 2.31 bits per heavy atom. The Morgan fingerprint density at radius 3 is 2.85 bits per heavy atom. The molecule has 0 fully saturated rings. The summed E-state index contributed by atoms with van der Waals surface area (Å²) in [6.07, 6.45) is 0.612. The summed E-state index contributed by atoms with van der Waals surface area (Å²) in [5, 5.41) is 0. The molecule has 1 rings (SSSR count). The largest absolute Gasteiger partial charge is 0.377 e. The Balaban J connectivity index is 2.78. The van der Waals surface area contributed by atoms with E-state index in [9.17, 15) is 4.39 Å². The number of methoxy groups -OCH3 is 1. The second-order valence-corrected chi connectivity index (χ2v) is 2.86. The Kier molecular flexibility index (Phi) is 3.86. The van der Waals surface area contributed by atoms with Crippen LogP contribution in [-0.2, 0) is 4.74 Å². The van der Waals surface area contributed by atoms with Crippen molar-refractivity contribution in [3.8, 4) is 0 Å². The van der Waals surface area contributed by atoms with Gasteiger partial charge in [0.2, 0.25) is 0 Å². The molecule has 13 heavy (non-hydrogen) atoms. The van der Waals surface area contributed by atoms with Gasteiger partial charge >= 0.3 is 0 Å². The van der Waals surface area contributed by atoms with Crippen LogP contribution in [0.5, 0.6) is 0 Å². The van der Waals surface area contributed by atoms with Crippen molar-refractivity contribution in [3.05, 3.63) is 35.6 Å². The van der Waals surface area contributed by atoms with Crippen LogP contribution < -0.4 is 5.73 Å². The van der Waals surface area contributed by atoms with Crippen molar-refractivity contribution in [1.82, 2.24) is 0 Å². The second-order valence-electron chi connectivity index (χ2n) is 2.86. The molecule has 0 spiro atoms. The molecule has 0 aliphatic carbocycles. The molecule has 0 aromatic heterocycles. The fourth-order valence-electron chi connectivity index (χ4n) is 1.28. The van der Waals surface area contributed by atoms with Crippen molar-refractivity contribution >= 4 is 0 Å². The number of halogens is 1. The topological polar surface area (TPSA) is 35.2 Å². The van der Waals surface area contributed by atoms with Gasteiger partial charge in [0, 0.05) is 7.11 Å². The van der Waals surface area contributed by atoms with Gasteiger partial charge in [-0.1, -0.05) is 12.1 Å². The summed E-state index contributed by atoms with van der Waals surface area (Å²) in [5.74, 6) is -0.239. The molecular formula is C10H14FNO. The van der Waals surface area contributed by atoms with Crippen LogP contribution in [0.15, 0.2) is 24.3 Å². The molecule has 2 nitrogen and oxygen atoms in total. The van der Waals surface area contributed by atoms with E-state index in [0.717, 1.165) is 5.56 Å². The fraction of sp³-hybridized carbons (Fsp3) is 0.400. The zero-order valence-electron chi connectivity index (χ0n) is 7.66. The van der Waals surface area contributed by atoms with Gasteiger partial charge < -0.3 is 10.5 Å². The van der Waals surface area contributed by atoms with Crippen molar-refractivity contribution < 1.29 is 9.13 Å². The minimum absolute atomic E-state index is 0.0966. The molecule has 0 radical (unpaired) electrons. The predicted octanol–water partition coefficient (Wildman–Crippen LogP) is 1.86. The molecule has 1 aromatic carbocycles. The van der Waals surface area contributed by atoms with E-state index in [0.29, 0.717) is 13.0 Å². The average molecular weight is 183 g/mol. The molecule has 0 amide bonds. The van der Waals surface area contributed by atoms with E-state index in [1.165, 1.54) is 12.1 Å². The van der Waals surface area contributed by atoms with Crippen LogP contribution in [0.3, 0.4) is 0 Å². The van der Waals surface area contributed by atoms with Gasteiger partial charge in [-0.25, -0.2) is 4.39 Å². The molecule has 0 saturated heterocycles. The van der Waals surface area contributed by atoms with Crippen LogP contribution in [0.25, 0.3) is 0 Å². The van der Waals surface area contributed by atoms with Crippen LogP contribution >= 0.6 is 0 Å². The van der Waals surface area contributed by atoms with E-state index in [1.807, 2.05) is 6.07 Å². The molecule has 1 atom stereocenters. The highest BCUT2D eigenvalue weighted by molar-refractivity contribution is 5.18. The Morgan fingerprint density at radius 1 is 1.54 bits per heavy atom.